The van der Waals surface area contributed by atoms with Crippen LogP contribution in [0, 0.1) is 6.92 Å². The highest BCUT2D eigenvalue weighted by Crippen LogP contribution is 2.32. The SMILES string of the molecule is CC(=O)c1c(C)c2cnc(Nc3ccc(N4CCN(C5CN(C6CN(C(=O)OC(C)(C)C)C6)C5)CC4)cn3)nc2n(C2CCCC2)c1=O. The molecule has 0 aromatic carbocycles. The maximum atomic E-state index is 13.5. The fourth-order valence-corrected chi connectivity index (χ4v) is 7.59. The van der Waals surface area contributed by atoms with Gasteiger partial charge in [-0.3, -0.25) is 24.0 Å². The van der Waals surface area contributed by atoms with Gasteiger partial charge in [-0.05, 0) is 65.2 Å². The number of carbonyl (C=O) groups excluding carboxylic acids is 2. The number of likely N-dealkylation sites (tertiary alicyclic amines) is 2. The molecule has 0 radical (unpaired) electrons. The van der Waals surface area contributed by atoms with Crippen molar-refractivity contribution in [3.8, 4) is 0 Å². The second-order valence-electron chi connectivity index (χ2n) is 14.8. The fourth-order valence-electron chi connectivity index (χ4n) is 7.59. The van der Waals surface area contributed by atoms with Crippen molar-refractivity contribution in [2.24, 2.45) is 0 Å². The summed E-state index contributed by atoms with van der Waals surface area (Å²) in [6, 6.07) is 5.04. The van der Waals surface area contributed by atoms with Gasteiger partial charge < -0.3 is 19.9 Å². The lowest BCUT2D eigenvalue weighted by Crippen LogP contribution is -2.71. The number of ketones is 1. The number of rotatable bonds is 7. The van der Waals surface area contributed by atoms with Gasteiger partial charge in [-0.2, -0.15) is 4.98 Å². The van der Waals surface area contributed by atoms with Crippen molar-refractivity contribution in [2.75, 3.05) is 62.6 Å². The van der Waals surface area contributed by atoms with Crippen molar-refractivity contribution < 1.29 is 14.3 Å². The van der Waals surface area contributed by atoms with Crippen LogP contribution in [-0.2, 0) is 4.74 Å². The summed E-state index contributed by atoms with van der Waals surface area (Å²) in [6.45, 7) is 16.5. The Kier molecular flexibility index (Phi) is 8.61. The molecular formula is C35H47N9O4. The van der Waals surface area contributed by atoms with Crippen molar-refractivity contribution in [2.45, 2.75) is 84.0 Å². The molecule has 1 N–H and O–H groups in total. The second-order valence-corrected chi connectivity index (χ2v) is 14.8. The third-order valence-corrected chi connectivity index (χ3v) is 10.4. The van der Waals surface area contributed by atoms with Crippen molar-refractivity contribution in [1.82, 2.24) is 34.2 Å². The first-order valence-electron chi connectivity index (χ1n) is 17.3. The highest BCUT2D eigenvalue weighted by Gasteiger charge is 2.43. The summed E-state index contributed by atoms with van der Waals surface area (Å²) in [5.74, 6) is 0.762. The van der Waals surface area contributed by atoms with Crippen LogP contribution in [0.25, 0.3) is 11.0 Å². The largest absolute Gasteiger partial charge is 0.444 e. The van der Waals surface area contributed by atoms with Gasteiger partial charge in [0.15, 0.2) is 5.78 Å². The van der Waals surface area contributed by atoms with Crippen LogP contribution in [-0.4, -0.2) is 116 Å². The van der Waals surface area contributed by atoms with Crippen LogP contribution in [0.3, 0.4) is 0 Å². The van der Waals surface area contributed by atoms with E-state index >= 15 is 0 Å². The Morgan fingerprint density at radius 2 is 1.58 bits per heavy atom. The first-order chi connectivity index (χ1) is 22.9. The number of Topliss-reactive ketones (excluding diaryl/α,β-unsaturated/α-hetero) is 1. The smallest absolute Gasteiger partial charge is 0.410 e. The van der Waals surface area contributed by atoms with Gasteiger partial charge in [0.25, 0.3) is 5.56 Å². The number of ether oxygens (including phenoxy) is 1. The quantitative estimate of drug-likeness (QED) is 0.371. The van der Waals surface area contributed by atoms with Gasteiger partial charge in [-0.25, -0.2) is 14.8 Å². The maximum absolute atomic E-state index is 13.5. The lowest BCUT2D eigenvalue weighted by atomic mass is 9.98. The summed E-state index contributed by atoms with van der Waals surface area (Å²) < 4.78 is 7.22. The van der Waals surface area contributed by atoms with Crippen LogP contribution in [0.5, 0.6) is 0 Å². The van der Waals surface area contributed by atoms with E-state index in [1.807, 2.05) is 33.0 Å². The number of nitrogens with zero attached hydrogens (tertiary/aromatic N) is 8. The maximum Gasteiger partial charge on any atom is 0.410 e. The van der Waals surface area contributed by atoms with Crippen LogP contribution >= 0.6 is 0 Å². The third-order valence-electron chi connectivity index (χ3n) is 10.4. The summed E-state index contributed by atoms with van der Waals surface area (Å²) >= 11 is 0. The Hall–Kier alpha value is -4.10. The number of amides is 1. The minimum absolute atomic E-state index is 0.0297. The molecule has 256 valence electrons. The predicted octanol–water partition coefficient (Wildman–Crippen LogP) is 3.98. The third kappa shape index (κ3) is 6.37. The highest BCUT2D eigenvalue weighted by molar-refractivity contribution is 5.99. The Bertz CT molecular complexity index is 1740. The van der Waals surface area contributed by atoms with E-state index in [9.17, 15) is 14.4 Å². The van der Waals surface area contributed by atoms with E-state index in [4.69, 9.17) is 9.72 Å². The van der Waals surface area contributed by atoms with Gasteiger partial charge in [0.1, 0.15) is 17.1 Å². The number of aromatic nitrogens is 4. The zero-order valence-electron chi connectivity index (χ0n) is 28.7. The highest BCUT2D eigenvalue weighted by atomic mass is 16.6. The molecule has 0 spiro atoms. The van der Waals surface area contributed by atoms with Crippen LogP contribution < -0.4 is 15.8 Å². The topological polar surface area (TPSA) is 129 Å². The average molecular weight is 658 g/mol. The number of anilines is 3. The summed E-state index contributed by atoms with van der Waals surface area (Å²) in [5.41, 5.74) is 1.78. The van der Waals surface area contributed by atoms with Gasteiger partial charge >= 0.3 is 6.09 Å². The van der Waals surface area contributed by atoms with Gasteiger partial charge in [-0.15, -0.1) is 0 Å². The van der Waals surface area contributed by atoms with E-state index in [1.54, 1.807) is 22.6 Å². The van der Waals surface area contributed by atoms with Crippen molar-refractivity contribution in [1.29, 1.82) is 0 Å². The summed E-state index contributed by atoms with van der Waals surface area (Å²) in [4.78, 5) is 61.4. The number of hydrogen-bond donors (Lipinski definition) is 1. The first-order valence-corrected chi connectivity index (χ1v) is 17.3. The Morgan fingerprint density at radius 1 is 0.896 bits per heavy atom. The van der Waals surface area contributed by atoms with E-state index in [0.717, 1.165) is 89.1 Å². The number of carbonyl (C=O) groups is 2. The van der Waals surface area contributed by atoms with E-state index in [1.165, 1.54) is 6.92 Å². The molecule has 3 aromatic rings. The fraction of sp³-hybridized carbons (Fsp3) is 0.600. The minimum Gasteiger partial charge on any atom is -0.444 e. The number of pyridine rings is 2. The van der Waals surface area contributed by atoms with Crippen molar-refractivity contribution >= 4 is 40.4 Å². The molecule has 1 aliphatic carbocycles. The van der Waals surface area contributed by atoms with E-state index < -0.39 is 5.60 Å². The van der Waals surface area contributed by atoms with Gasteiger partial charge in [-0.1, -0.05) is 12.8 Å². The average Bonchev–Trinajstić information content (AvgIpc) is 3.51. The van der Waals surface area contributed by atoms with Gasteiger partial charge in [0.05, 0.1) is 17.4 Å². The lowest BCUT2D eigenvalue weighted by Gasteiger charge is -2.55. The second kappa shape index (κ2) is 12.7. The molecule has 4 aliphatic rings. The van der Waals surface area contributed by atoms with Crippen LogP contribution in [0.2, 0.25) is 0 Å². The molecule has 1 amide bonds. The number of fused-ring (bicyclic) bond motifs is 1. The van der Waals surface area contributed by atoms with E-state index in [2.05, 4.69) is 36.1 Å². The monoisotopic (exact) mass is 657 g/mol. The molecule has 7 rings (SSSR count). The predicted molar refractivity (Wildman–Crippen MR) is 184 cm³/mol. The molecule has 3 aliphatic heterocycles. The Balaban J connectivity index is 0.933. The zero-order chi connectivity index (χ0) is 33.7. The van der Waals surface area contributed by atoms with Crippen LogP contribution in [0.15, 0.2) is 29.3 Å². The molecular weight excluding hydrogens is 610 g/mol. The van der Waals surface area contributed by atoms with E-state index in [-0.39, 0.29) is 29.0 Å². The standard InChI is InChI=1S/C35H47N9O4/c1-22-28-17-37-33(39-31(28)44(24-8-6-7-9-24)32(46)30(22)23(2)45)38-29-11-10-25(16-36-29)40-12-14-41(15-13-40)26-18-42(19-26)27-20-43(21-27)34(47)48-35(3,4)5/h10-11,16-17,24,26-27H,6-9,12-15,18-21H2,1-5H3,(H,36,37,38,39). The molecule has 0 atom stereocenters. The Labute approximate surface area is 281 Å². The number of aryl methyl sites for hydroxylation is 1. The summed E-state index contributed by atoms with van der Waals surface area (Å²) in [5, 5.41) is 3.95. The minimum atomic E-state index is -0.458. The number of hydrogen-bond acceptors (Lipinski definition) is 11. The van der Waals surface area contributed by atoms with Crippen molar-refractivity contribution in [3.63, 3.8) is 0 Å². The normalized spacial score (nSPS) is 20.2. The summed E-state index contributed by atoms with van der Waals surface area (Å²) in [7, 11) is 0. The van der Waals surface area contributed by atoms with E-state index in [0.29, 0.717) is 35.1 Å². The molecule has 0 bridgehead atoms. The van der Waals surface area contributed by atoms with Crippen molar-refractivity contribution in [3.05, 3.63) is 46.0 Å². The molecule has 1 saturated carbocycles. The van der Waals surface area contributed by atoms with Crippen LogP contribution in [0.4, 0.5) is 22.2 Å². The molecule has 13 nitrogen and oxygen atoms in total. The molecule has 6 heterocycles. The molecule has 3 aromatic heterocycles. The first kappa shape index (κ1) is 32.4. The Morgan fingerprint density at radius 3 is 2.21 bits per heavy atom. The van der Waals surface area contributed by atoms with Gasteiger partial charge in [0.2, 0.25) is 5.95 Å². The van der Waals surface area contributed by atoms with Crippen LogP contribution in [0.1, 0.15) is 75.3 Å². The number of piperazine rings is 1. The molecule has 3 saturated heterocycles. The summed E-state index contributed by atoms with van der Waals surface area (Å²) in [6.07, 6.45) is 7.29. The molecule has 4 fully saturated rings. The molecule has 13 heteroatoms. The molecule has 48 heavy (non-hydrogen) atoms. The van der Waals surface area contributed by atoms with Gasteiger partial charge in [0, 0.05) is 82.1 Å². The number of nitrogens with one attached hydrogen (secondary N) is 1. The molecule has 0 unspecified atom stereocenters. The zero-order valence-corrected chi connectivity index (χ0v) is 28.7. The lowest BCUT2D eigenvalue weighted by molar-refractivity contribution is -0.0584.